The number of benzene rings is 1. The van der Waals surface area contributed by atoms with Crippen molar-refractivity contribution >= 4 is 11.8 Å². The highest BCUT2D eigenvalue weighted by atomic mass is 16.4. The molecule has 2 heterocycles. The SMILES string of the molecule is Cc1ccc(O)cc1C(=O)N1CCCC(C)(NC(=O)c2coc(=O)[nH]2)C1. The van der Waals surface area contributed by atoms with Gasteiger partial charge < -0.3 is 19.7 Å². The van der Waals surface area contributed by atoms with E-state index in [1.807, 2.05) is 13.8 Å². The number of hydrogen-bond donors (Lipinski definition) is 3. The van der Waals surface area contributed by atoms with Gasteiger partial charge in [0.15, 0.2) is 0 Å². The second-order valence-electron chi connectivity index (χ2n) is 6.91. The number of phenols is 1. The zero-order chi connectivity index (χ0) is 18.9. The van der Waals surface area contributed by atoms with Crippen LogP contribution in [0, 0.1) is 6.92 Å². The number of amides is 2. The average molecular weight is 359 g/mol. The van der Waals surface area contributed by atoms with Gasteiger partial charge >= 0.3 is 5.76 Å². The van der Waals surface area contributed by atoms with E-state index in [0.29, 0.717) is 25.1 Å². The lowest BCUT2D eigenvalue weighted by Crippen LogP contribution is -2.58. The maximum atomic E-state index is 12.9. The minimum atomic E-state index is -0.694. The number of aromatic nitrogens is 1. The summed E-state index contributed by atoms with van der Waals surface area (Å²) in [5.41, 5.74) is 0.632. The summed E-state index contributed by atoms with van der Waals surface area (Å²) in [6, 6.07) is 4.69. The first-order valence-electron chi connectivity index (χ1n) is 8.37. The number of carbonyl (C=O) groups is 2. The van der Waals surface area contributed by atoms with Crippen molar-refractivity contribution in [2.45, 2.75) is 32.2 Å². The molecule has 1 aliphatic heterocycles. The smallest absolute Gasteiger partial charge is 0.416 e. The van der Waals surface area contributed by atoms with Gasteiger partial charge in [-0.25, -0.2) is 4.79 Å². The van der Waals surface area contributed by atoms with Crippen molar-refractivity contribution in [2.24, 2.45) is 0 Å². The summed E-state index contributed by atoms with van der Waals surface area (Å²) in [5, 5.41) is 12.5. The molecule has 0 radical (unpaired) electrons. The molecule has 2 amide bonds. The molecule has 1 aliphatic rings. The molecule has 1 saturated heterocycles. The van der Waals surface area contributed by atoms with Crippen LogP contribution in [0.4, 0.5) is 0 Å². The van der Waals surface area contributed by atoms with Crippen molar-refractivity contribution in [1.82, 2.24) is 15.2 Å². The van der Waals surface area contributed by atoms with Gasteiger partial charge in [0, 0.05) is 18.7 Å². The van der Waals surface area contributed by atoms with Gasteiger partial charge in [-0.2, -0.15) is 0 Å². The van der Waals surface area contributed by atoms with Gasteiger partial charge in [-0.05, 0) is 44.4 Å². The van der Waals surface area contributed by atoms with E-state index in [-0.39, 0.29) is 17.4 Å². The monoisotopic (exact) mass is 359 g/mol. The Balaban J connectivity index is 1.75. The van der Waals surface area contributed by atoms with E-state index in [9.17, 15) is 19.5 Å². The molecule has 0 bridgehead atoms. The summed E-state index contributed by atoms with van der Waals surface area (Å²) in [7, 11) is 0. The number of rotatable bonds is 3. The minimum absolute atomic E-state index is 0.0379. The quantitative estimate of drug-likeness (QED) is 0.766. The lowest BCUT2D eigenvalue weighted by Gasteiger charge is -2.41. The predicted octanol–water partition coefficient (Wildman–Crippen LogP) is 1.41. The highest BCUT2D eigenvalue weighted by Crippen LogP contribution is 2.25. The summed E-state index contributed by atoms with van der Waals surface area (Å²) >= 11 is 0. The van der Waals surface area contributed by atoms with Crippen molar-refractivity contribution < 1.29 is 19.1 Å². The van der Waals surface area contributed by atoms with Crippen LogP contribution >= 0.6 is 0 Å². The number of oxazole rings is 1. The molecule has 1 unspecified atom stereocenters. The number of aromatic hydroxyl groups is 1. The Morgan fingerprint density at radius 3 is 2.85 bits per heavy atom. The number of phenolic OH excluding ortho intramolecular Hbond substituents is 1. The van der Waals surface area contributed by atoms with Crippen molar-refractivity contribution in [1.29, 1.82) is 0 Å². The van der Waals surface area contributed by atoms with Gasteiger partial charge in [0.1, 0.15) is 17.7 Å². The maximum Gasteiger partial charge on any atom is 0.416 e. The van der Waals surface area contributed by atoms with E-state index in [4.69, 9.17) is 0 Å². The lowest BCUT2D eigenvalue weighted by molar-refractivity contribution is 0.0587. The van der Waals surface area contributed by atoms with Crippen LogP contribution in [-0.2, 0) is 0 Å². The zero-order valence-corrected chi connectivity index (χ0v) is 14.7. The molecule has 138 valence electrons. The van der Waals surface area contributed by atoms with Gasteiger partial charge in [-0.1, -0.05) is 6.07 Å². The van der Waals surface area contributed by atoms with Crippen molar-refractivity contribution in [3.8, 4) is 5.75 Å². The molecule has 0 saturated carbocycles. The first kappa shape index (κ1) is 17.8. The third kappa shape index (κ3) is 3.63. The summed E-state index contributed by atoms with van der Waals surface area (Å²) in [4.78, 5) is 40.2. The Hall–Kier alpha value is -3.03. The summed E-state index contributed by atoms with van der Waals surface area (Å²) in [6.07, 6.45) is 2.49. The van der Waals surface area contributed by atoms with E-state index in [1.54, 1.807) is 17.0 Å². The second-order valence-corrected chi connectivity index (χ2v) is 6.91. The normalized spacial score (nSPS) is 20.0. The minimum Gasteiger partial charge on any atom is -0.508 e. The van der Waals surface area contributed by atoms with Crippen LogP contribution in [0.1, 0.15) is 46.2 Å². The van der Waals surface area contributed by atoms with Crippen LogP contribution < -0.4 is 11.1 Å². The standard InChI is InChI=1S/C18H21N3O5/c1-11-4-5-12(22)8-13(11)16(24)21-7-3-6-18(2,10-21)20-15(23)14-9-26-17(25)19-14/h4-5,8-9,22H,3,6-7,10H2,1-2H3,(H,19,25)(H,20,23). The third-order valence-electron chi connectivity index (χ3n) is 4.62. The number of nitrogens with zero attached hydrogens (tertiary/aromatic N) is 1. The lowest BCUT2D eigenvalue weighted by atomic mass is 9.90. The Kier molecular flexibility index (Phi) is 4.58. The van der Waals surface area contributed by atoms with Crippen LogP contribution in [0.15, 0.2) is 33.7 Å². The van der Waals surface area contributed by atoms with Crippen LogP contribution in [0.3, 0.4) is 0 Å². The number of aromatic amines is 1. The van der Waals surface area contributed by atoms with Crippen LogP contribution in [0.5, 0.6) is 5.75 Å². The number of hydrogen-bond acceptors (Lipinski definition) is 5. The Bertz CT molecular complexity index is 900. The molecule has 8 heteroatoms. The maximum absolute atomic E-state index is 12.9. The molecule has 1 aromatic carbocycles. The van der Waals surface area contributed by atoms with Gasteiger partial charge in [-0.15, -0.1) is 0 Å². The topological polar surface area (TPSA) is 116 Å². The Morgan fingerprint density at radius 1 is 1.38 bits per heavy atom. The number of likely N-dealkylation sites (tertiary alicyclic amines) is 1. The number of aryl methyl sites for hydroxylation is 1. The fourth-order valence-corrected chi connectivity index (χ4v) is 3.26. The van der Waals surface area contributed by atoms with Crippen LogP contribution in [0.25, 0.3) is 0 Å². The van der Waals surface area contributed by atoms with Gasteiger partial charge in [0.25, 0.3) is 11.8 Å². The molecule has 1 aromatic heterocycles. The third-order valence-corrected chi connectivity index (χ3v) is 4.62. The van der Waals surface area contributed by atoms with E-state index < -0.39 is 17.2 Å². The molecule has 8 nitrogen and oxygen atoms in total. The Labute approximate surface area is 149 Å². The van der Waals surface area contributed by atoms with Crippen molar-refractivity contribution in [3.63, 3.8) is 0 Å². The molecule has 1 atom stereocenters. The highest BCUT2D eigenvalue weighted by molar-refractivity contribution is 5.96. The number of carbonyl (C=O) groups excluding carboxylic acids is 2. The van der Waals surface area contributed by atoms with E-state index in [0.717, 1.165) is 18.2 Å². The first-order chi connectivity index (χ1) is 12.3. The molecule has 0 aliphatic carbocycles. The number of nitrogens with one attached hydrogen (secondary N) is 2. The van der Waals surface area contributed by atoms with Crippen LogP contribution in [0.2, 0.25) is 0 Å². The van der Waals surface area contributed by atoms with Gasteiger partial charge in [-0.3, -0.25) is 14.6 Å². The highest BCUT2D eigenvalue weighted by Gasteiger charge is 2.35. The van der Waals surface area contributed by atoms with Gasteiger partial charge in [0.05, 0.1) is 5.54 Å². The van der Waals surface area contributed by atoms with Gasteiger partial charge in [0.2, 0.25) is 0 Å². The molecule has 2 aromatic rings. The summed E-state index contributed by atoms with van der Waals surface area (Å²) in [6.45, 7) is 4.57. The van der Waals surface area contributed by atoms with E-state index in [2.05, 4.69) is 14.7 Å². The molecule has 26 heavy (non-hydrogen) atoms. The Morgan fingerprint density at radius 2 is 2.15 bits per heavy atom. The fraction of sp³-hybridized carbons (Fsp3) is 0.389. The van der Waals surface area contributed by atoms with E-state index in [1.165, 1.54) is 6.07 Å². The molecule has 1 fully saturated rings. The predicted molar refractivity (Wildman–Crippen MR) is 93.2 cm³/mol. The van der Waals surface area contributed by atoms with Crippen molar-refractivity contribution in [2.75, 3.05) is 13.1 Å². The largest absolute Gasteiger partial charge is 0.508 e. The number of piperidine rings is 1. The fourth-order valence-electron chi connectivity index (χ4n) is 3.26. The van der Waals surface area contributed by atoms with E-state index >= 15 is 0 Å². The van der Waals surface area contributed by atoms with Crippen LogP contribution in [-0.4, -0.2) is 45.4 Å². The average Bonchev–Trinajstić information content (AvgIpc) is 3.03. The second kappa shape index (κ2) is 6.70. The molecule has 3 N–H and O–H groups in total. The molecule has 0 spiro atoms. The summed E-state index contributed by atoms with van der Waals surface area (Å²) < 4.78 is 4.59. The zero-order valence-electron chi connectivity index (χ0n) is 14.7. The molecule has 3 rings (SSSR count). The summed E-state index contributed by atoms with van der Waals surface area (Å²) in [5.74, 6) is -1.30. The molecular weight excluding hydrogens is 338 g/mol. The van der Waals surface area contributed by atoms with Crippen molar-refractivity contribution in [3.05, 3.63) is 51.8 Å². The first-order valence-corrected chi connectivity index (χ1v) is 8.37. The number of H-pyrrole nitrogens is 1. The molecular formula is C18H21N3O5.